The third-order valence-electron chi connectivity index (χ3n) is 7.04. The Bertz CT molecular complexity index is 1180. The number of esters is 1. The van der Waals surface area contributed by atoms with Gasteiger partial charge in [0, 0.05) is 5.69 Å². The van der Waals surface area contributed by atoms with E-state index in [1.807, 2.05) is 6.92 Å². The van der Waals surface area contributed by atoms with Gasteiger partial charge in [0.05, 0.1) is 30.2 Å². The molecule has 1 N–H and O–H groups in total. The first-order valence-corrected chi connectivity index (χ1v) is 11.7. The molecule has 2 unspecified atom stereocenters. The number of anilines is 1. The lowest BCUT2D eigenvalue weighted by Gasteiger charge is -2.21. The molecule has 2 aromatic heterocycles. The molecular formula is C25H28N4O6. The van der Waals surface area contributed by atoms with Gasteiger partial charge in [-0.05, 0) is 51.3 Å². The van der Waals surface area contributed by atoms with Gasteiger partial charge in [-0.1, -0.05) is 12.8 Å². The Labute approximate surface area is 202 Å². The van der Waals surface area contributed by atoms with E-state index >= 15 is 0 Å². The van der Waals surface area contributed by atoms with Crippen molar-refractivity contribution in [3.8, 4) is 6.07 Å². The van der Waals surface area contributed by atoms with Crippen molar-refractivity contribution >= 4 is 29.5 Å². The Kier molecular flexibility index (Phi) is 6.78. The van der Waals surface area contributed by atoms with Crippen LogP contribution in [0, 0.1) is 37.0 Å². The first kappa shape index (κ1) is 24.3. The van der Waals surface area contributed by atoms with Gasteiger partial charge in [0.15, 0.2) is 6.61 Å². The third-order valence-corrected chi connectivity index (χ3v) is 7.04. The number of hydrogen-bond acceptors (Lipinski definition) is 7. The molecule has 2 aliphatic rings. The van der Waals surface area contributed by atoms with Gasteiger partial charge in [-0.2, -0.15) is 5.26 Å². The number of imide groups is 1. The third kappa shape index (κ3) is 4.46. The molecule has 35 heavy (non-hydrogen) atoms. The van der Waals surface area contributed by atoms with Crippen LogP contribution >= 0.6 is 0 Å². The van der Waals surface area contributed by atoms with Crippen molar-refractivity contribution in [1.82, 2.24) is 9.47 Å². The number of carbonyl (C=O) groups excluding carboxylic acids is 4. The highest BCUT2D eigenvalue weighted by Gasteiger charge is 2.51. The summed E-state index contributed by atoms with van der Waals surface area (Å²) in [5, 5.41) is 12.3. The fraction of sp³-hybridized carbons (Fsp3) is 0.480. The van der Waals surface area contributed by atoms with E-state index in [1.54, 1.807) is 23.6 Å². The Hall–Kier alpha value is -3.87. The minimum atomic E-state index is -1.12. The highest BCUT2D eigenvalue weighted by Crippen LogP contribution is 2.39. The monoisotopic (exact) mass is 480 g/mol. The second-order valence-corrected chi connectivity index (χ2v) is 9.09. The molecule has 3 amide bonds. The standard InChI is InChI=1S/C25H28N4O6/c1-14-15(2)28(12-17-7-6-10-34-17)22(20(14)11-26)27-21(30)13-35-25(33)16(3)29-23(31)18-8-4-5-9-19(18)24(29)32/h6-7,10,16,18-19H,4-5,8-9,12-13H2,1-3H3,(H,27,30)/t16-,18?,19?/m0/s1. The van der Waals surface area contributed by atoms with Gasteiger partial charge >= 0.3 is 5.97 Å². The summed E-state index contributed by atoms with van der Waals surface area (Å²) in [6.45, 7) is 4.72. The summed E-state index contributed by atoms with van der Waals surface area (Å²) >= 11 is 0. The van der Waals surface area contributed by atoms with Gasteiger partial charge in [0.25, 0.3) is 5.91 Å². The van der Waals surface area contributed by atoms with Crippen molar-refractivity contribution in [3.63, 3.8) is 0 Å². The molecule has 3 heterocycles. The number of amides is 3. The van der Waals surface area contributed by atoms with E-state index in [0.717, 1.165) is 23.4 Å². The second kappa shape index (κ2) is 9.78. The number of furan rings is 1. The Morgan fingerprint density at radius 3 is 2.46 bits per heavy atom. The van der Waals surface area contributed by atoms with Crippen LogP contribution in [0.2, 0.25) is 0 Å². The van der Waals surface area contributed by atoms with Crippen LogP contribution in [0.3, 0.4) is 0 Å². The van der Waals surface area contributed by atoms with E-state index in [9.17, 15) is 24.4 Å². The van der Waals surface area contributed by atoms with E-state index in [0.29, 0.717) is 36.3 Å². The summed E-state index contributed by atoms with van der Waals surface area (Å²) in [4.78, 5) is 51.7. The number of nitrogens with one attached hydrogen (secondary N) is 1. The van der Waals surface area contributed by atoms with Crippen LogP contribution in [0.25, 0.3) is 0 Å². The van der Waals surface area contributed by atoms with Gasteiger partial charge in [-0.15, -0.1) is 0 Å². The van der Waals surface area contributed by atoms with Gasteiger partial charge in [-0.25, -0.2) is 4.79 Å². The average molecular weight is 481 g/mol. The van der Waals surface area contributed by atoms with Crippen molar-refractivity contribution < 1.29 is 28.3 Å². The van der Waals surface area contributed by atoms with E-state index < -0.39 is 24.5 Å². The molecule has 0 bridgehead atoms. The highest BCUT2D eigenvalue weighted by atomic mass is 16.5. The number of carbonyl (C=O) groups is 4. The van der Waals surface area contributed by atoms with Gasteiger partial charge in [0.2, 0.25) is 11.8 Å². The molecule has 10 nitrogen and oxygen atoms in total. The van der Waals surface area contributed by atoms with Crippen LogP contribution in [-0.4, -0.2) is 45.8 Å². The van der Waals surface area contributed by atoms with Gasteiger partial charge in [0.1, 0.15) is 23.7 Å². The molecule has 2 fully saturated rings. The number of nitriles is 1. The molecule has 0 radical (unpaired) electrons. The fourth-order valence-electron chi connectivity index (χ4n) is 4.99. The molecule has 3 atom stereocenters. The van der Waals surface area contributed by atoms with Crippen molar-refractivity contribution in [3.05, 3.63) is 41.0 Å². The van der Waals surface area contributed by atoms with E-state index in [2.05, 4.69) is 11.4 Å². The van der Waals surface area contributed by atoms with Crippen molar-refractivity contribution in [2.45, 2.75) is 59.0 Å². The molecule has 2 aromatic rings. The average Bonchev–Trinajstić information content (AvgIpc) is 3.51. The van der Waals surface area contributed by atoms with Crippen LogP contribution in [-0.2, 0) is 30.5 Å². The summed E-state index contributed by atoms with van der Waals surface area (Å²) < 4.78 is 12.3. The van der Waals surface area contributed by atoms with Crippen LogP contribution in [0.4, 0.5) is 5.82 Å². The predicted octanol–water partition coefficient (Wildman–Crippen LogP) is 2.66. The predicted molar refractivity (Wildman–Crippen MR) is 123 cm³/mol. The van der Waals surface area contributed by atoms with E-state index in [4.69, 9.17) is 9.15 Å². The maximum absolute atomic E-state index is 12.7. The van der Waals surface area contributed by atoms with Crippen LogP contribution in [0.1, 0.15) is 55.2 Å². The molecule has 10 heteroatoms. The molecule has 4 rings (SSSR count). The number of aromatic nitrogens is 1. The van der Waals surface area contributed by atoms with Gasteiger partial charge < -0.3 is 19.0 Å². The molecule has 1 aliphatic carbocycles. The maximum Gasteiger partial charge on any atom is 0.329 e. The highest BCUT2D eigenvalue weighted by molar-refractivity contribution is 6.08. The Balaban J connectivity index is 1.42. The zero-order valence-electron chi connectivity index (χ0n) is 20.0. The summed E-state index contributed by atoms with van der Waals surface area (Å²) in [7, 11) is 0. The lowest BCUT2D eigenvalue weighted by atomic mass is 9.81. The first-order chi connectivity index (χ1) is 16.7. The number of ether oxygens (including phenoxy) is 1. The van der Waals surface area contributed by atoms with Crippen molar-refractivity contribution in [1.29, 1.82) is 5.26 Å². The molecular weight excluding hydrogens is 452 g/mol. The Morgan fingerprint density at radius 2 is 1.89 bits per heavy atom. The molecule has 184 valence electrons. The number of hydrogen-bond donors (Lipinski definition) is 1. The molecule has 1 aliphatic heterocycles. The van der Waals surface area contributed by atoms with E-state index in [1.165, 1.54) is 13.2 Å². The lowest BCUT2D eigenvalue weighted by molar-refractivity contribution is -0.159. The smallest absolute Gasteiger partial charge is 0.329 e. The van der Waals surface area contributed by atoms with Crippen molar-refractivity contribution in [2.24, 2.45) is 11.8 Å². The lowest BCUT2D eigenvalue weighted by Crippen LogP contribution is -2.45. The summed E-state index contributed by atoms with van der Waals surface area (Å²) in [6.07, 6.45) is 4.60. The van der Waals surface area contributed by atoms with Crippen LogP contribution < -0.4 is 5.32 Å². The van der Waals surface area contributed by atoms with Gasteiger partial charge in [-0.3, -0.25) is 19.3 Å². The number of rotatable bonds is 7. The summed E-state index contributed by atoms with van der Waals surface area (Å²) in [5.74, 6) is -1.97. The zero-order valence-corrected chi connectivity index (χ0v) is 20.0. The SMILES string of the molecule is Cc1c(C#N)c(NC(=O)COC(=O)[C@H](C)N2C(=O)C3CCCCC3C2=O)n(Cc2ccco2)c1C. The normalized spacial score (nSPS) is 20.3. The summed E-state index contributed by atoms with van der Waals surface area (Å²) in [5.41, 5.74) is 1.80. The fourth-order valence-corrected chi connectivity index (χ4v) is 4.99. The minimum absolute atomic E-state index is 0.280. The van der Waals surface area contributed by atoms with Crippen molar-refractivity contribution in [2.75, 3.05) is 11.9 Å². The number of likely N-dealkylation sites (tertiary alicyclic amines) is 1. The number of fused-ring (bicyclic) bond motifs is 1. The van der Waals surface area contributed by atoms with Crippen LogP contribution in [0.5, 0.6) is 0 Å². The second-order valence-electron chi connectivity index (χ2n) is 9.09. The number of nitrogens with zero attached hydrogens (tertiary/aromatic N) is 3. The first-order valence-electron chi connectivity index (χ1n) is 11.7. The molecule has 0 aromatic carbocycles. The topological polar surface area (TPSA) is 135 Å². The Morgan fingerprint density at radius 1 is 1.23 bits per heavy atom. The zero-order chi connectivity index (χ0) is 25.3. The largest absolute Gasteiger partial charge is 0.467 e. The van der Waals surface area contributed by atoms with E-state index in [-0.39, 0.29) is 29.5 Å². The molecule has 1 saturated carbocycles. The minimum Gasteiger partial charge on any atom is -0.467 e. The maximum atomic E-state index is 12.7. The molecule has 1 saturated heterocycles. The molecule has 0 spiro atoms. The van der Waals surface area contributed by atoms with Crippen LogP contribution in [0.15, 0.2) is 22.8 Å². The quantitative estimate of drug-likeness (QED) is 0.475. The summed E-state index contributed by atoms with van der Waals surface area (Å²) in [6, 6.07) is 4.52.